The Morgan fingerprint density at radius 2 is 0.655 bits per heavy atom. The molecule has 0 aromatic rings. The number of ether oxygens (including phenoxy) is 3. The number of carbonyl (C=O) groups excluding carboxylic acids is 3. The van der Waals surface area contributed by atoms with E-state index < -0.39 is 6.10 Å². The van der Waals surface area contributed by atoms with E-state index in [1.54, 1.807) is 0 Å². The first kappa shape index (κ1) is 52.9. The van der Waals surface area contributed by atoms with Crippen LogP contribution in [0.3, 0.4) is 0 Å². The lowest BCUT2D eigenvalue weighted by atomic mass is 10.0. The Morgan fingerprint density at radius 1 is 0.345 bits per heavy atom. The van der Waals surface area contributed by atoms with Gasteiger partial charge in [-0.05, 0) is 57.8 Å². The van der Waals surface area contributed by atoms with Gasteiger partial charge in [0.1, 0.15) is 13.2 Å². The quantitative estimate of drug-likeness (QED) is 0.0266. The molecule has 0 saturated heterocycles. The third-order valence-electron chi connectivity index (χ3n) is 10.4. The summed E-state index contributed by atoms with van der Waals surface area (Å²) in [6.07, 6.45) is 48.8. The Balaban J connectivity index is 4.30. The molecule has 1 atom stereocenters. The highest BCUT2D eigenvalue weighted by molar-refractivity contribution is 5.71. The summed E-state index contributed by atoms with van der Waals surface area (Å²) >= 11 is 0. The molecule has 322 valence electrons. The summed E-state index contributed by atoms with van der Waals surface area (Å²) in [4.78, 5) is 37.7. The Hall–Kier alpha value is -2.11. The summed E-state index contributed by atoms with van der Waals surface area (Å²) in [5, 5.41) is 0. The lowest BCUT2D eigenvalue weighted by Crippen LogP contribution is -2.30. The molecule has 1 unspecified atom stereocenters. The smallest absolute Gasteiger partial charge is 0.306 e. The van der Waals surface area contributed by atoms with Crippen molar-refractivity contribution in [3.63, 3.8) is 0 Å². The summed E-state index contributed by atoms with van der Waals surface area (Å²) in [7, 11) is 0. The first-order valence-corrected chi connectivity index (χ1v) is 23.8. The second-order valence-corrected chi connectivity index (χ2v) is 16.0. The predicted octanol–water partition coefficient (Wildman–Crippen LogP) is 15.2. The summed E-state index contributed by atoms with van der Waals surface area (Å²) < 4.78 is 16.7. The molecule has 55 heavy (non-hydrogen) atoms. The summed E-state index contributed by atoms with van der Waals surface area (Å²) in [5.41, 5.74) is 0. The monoisotopic (exact) mass is 775 g/mol. The highest BCUT2D eigenvalue weighted by atomic mass is 16.6. The van der Waals surface area contributed by atoms with Crippen molar-refractivity contribution in [1.82, 2.24) is 0 Å². The fourth-order valence-electron chi connectivity index (χ4n) is 6.78. The van der Waals surface area contributed by atoms with E-state index in [1.165, 1.54) is 128 Å². The van der Waals surface area contributed by atoms with Gasteiger partial charge in [0, 0.05) is 19.3 Å². The zero-order chi connectivity index (χ0) is 40.1. The Morgan fingerprint density at radius 3 is 1.04 bits per heavy atom. The average Bonchev–Trinajstić information content (AvgIpc) is 3.18. The van der Waals surface area contributed by atoms with E-state index in [0.717, 1.165) is 83.5 Å². The van der Waals surface area contributed by atoms with Crippen LogP contribution in [-0.4, -0.2) is 37.2 Å². The van der Waals surface area contributed by atoms with Crippen LogP contribution >= 0.6 is 0 Å². The molecule has 0 amide bonds. The van der Waals surface area contributed by atoms with E-state index in [-0.39, 0.29) is 31.1 Å². The molecule has 0 aliphatic carbocycles. The van der Waals surface area contributed by atoms with Gasteiger partial charge in [0.2, 0.25) is 0 Å². The normalized spacial score (nSPS) is 12.1. The maximum Gasteiger partial charge on any atom is 0.306 e. The molecule has 0 saturated carbocycles. The van der Waals surface area contributed by atoms with Crippen LogP contribution in [0.4, 0.5) is 0 Å². The molecule has 0 radical (unpaired) electrons. The number of rotatable bonds is 43. The van der Waals surface area contributed by atoms with E-state index in [2.05, 4.69) is 45.1 Å². The third kappa shape index (κ3) is 42.9. The topological polar surface area (TPSA) is 78.9 Å². The van der Waals surface area contributed by atoms with Gasteiger partial charge in [0.05, 0.1) is 0 Å². The maximum absolute atomic E-state index is 12.7. The highest BCUT2D eigenvalue weighted by Gasteiger charge is 2.19. The van der Waals surface area contributed by atoms with Gasteiger partial charge in [0.25, 0.3) is 0 Å². The van der Waals surface area contributed by atoms with E-state index >= 15 is 0 Å². The van der Waals surface area contributed by atoms with Gasteiger partial charge in [-0.25, -0.2) is 0 Å². The third-order valence-corrected chi connectivity index (χ3v) is 10.4. The molecule has 0 aliphatic heterocycles. The van der Waals surface area contributed by atoms with Crippen LogP contribution in [0.2, 0.25) is 0 Å². The summed E-state index contributed by atoms with van der Waals surface area (Å²) in [5.74, 6) is -0.889. The number of unbranched alkanes of at least 4 members (excludes halogenated alkanes) is 28. The number of hydrogen-bond donors (Lipinski definition) is 0. The predicted molar refractivity (Wildman–Crippen MR) is 233 cm³/mol. The van der Waals surface area contributed by atoms with Crippen molar-refractivity contribution in [2.75, 3.05) is 13.2 Å². The van der Waals surface area contributed by atoms with Gasteiger partial charge in [-0.2, -0.15) is 0 Å². The first-order chi connectivity index (χ1) is 27.0. The van der Waals surface area contributed by atoms with Crippen LogP contribution in [0.5, 0.6) is 0 Å². The zero-order valence-electron chi connectivity index (χ0n) is 36.7. The Kier molecular flexibility index (Phi) is 42.9. The van der Waals surface area contributed by atoms with Crippen LogP contribution in [-0.2, 0) is 28.6 Å². The van der Waals surface area contributed by atoms with Crippen molar-refractivity contribution in [2.45, 2.75) is 258 Å². The van der Waals surface area contributed by atoms with E-state index in [1.807, 2.05) is 0 Å². The van der Waals surface area contributed by atoms with E-state index in [0.29, 0.717) is 19.3 Å². The van der Waals surface area contributed by atoms with Gasteiger partial charge in [-0.3, -0.25) is 14.4 Å². The van der Waals surface area contributed by atoms with Gasteiger partial charge >= 0.3 is 17.9 Å². The zero-order valence-corrected chi connectivity index (χ0v) is 36.7. The first-order valence-electron chi connectivity index (χ1n) is 23.8. The van der Waals surface area contributed by atoms with Gasteiger partial charge in [0.15, 0.2) is 6.10 Å². The maximum atomic E-state index is 12.7. The van der Waals surface area contributed by atoms with Crippen molar-refractivity contribution < 1.29 is 28.6 Å². The molecule has 0 fully saturated rings. The van der Waals surface area contributed by atoms with Crippen molar-refractivity contribution in [3.05, 3.63) is 24.3 Å². The SMILES string of the molecule is CCC/C=C\CCCCCCCC(=O)OCC(COC(=O)CCCCCCCCCCCCCCCCCC)OC(=O)CCCCCCC/C=C\CCCC. The number of hydrogen-bond acceptors (Lipinski definition) is 6. The molecule has 0 aromatic heterocycles. The van der Waals surface area contributed by atoms with Crippen LogP contribution in [0.15, 0.2) is 24.3 Å². The van der Waals surface area contributed by atoms with Gasteiger partial charge in [-0.15, -0.1) is 0 Å². The highest BCUT2D eigenvalue weighted by Crippen LogP contribution is 2.15. The second kappa shape index (κ2) is 44.6. The fraction of sp³-hybridized carbons (Fsp3) is 0.857. The number of carbonyl (C=O) groups is 3. The van der Waals surface area contributed by atoms with Crippen LogP contribution in [0.25, 0.3) is 0 Å². The molecule has 0 aromatic carbocycles. The Bertz CT molecular complexity index is 896. The molecule has 0 spiro atoms. The van der Waals surface area contributed by atoms with Gasteiger partial charge in [-0.1, -0.05) is 199 Å². The minimum absolute atomic E-state index is 0.0742. The lowest BCUT2D eigenvalue weighted by molar-refractivity contribution is -0.167. The summed E-state index contributed by atoms with van der Waals surface area (Å²) in [6.45, 7) is 6.54. The van der Waals surface area contributed by atoms with Gasteiger partial charge < -0.3 is 14.2 Å². The van der Waals surface area contributed by atoms with Crippen molar-refractivity contribution in [1.29, 1.82) is 0 Å². The largest absolute Gasteiger partial charge is 0.462 e. The van der Waals surface area contributed by atoms with Crippen molar-refractivity contribution in [3.8, 4) is 0 Å². The standard InChI is InChI=1S/C49H90O6/c1-4-7-10-13-16-19-22-23-24-25-26-28-30-33-36-39-42-48(51)54-45-46(44-53-47(50)41-38-35-32-29-21-18-15-12-9-6-3)55-49(52)43-40-37-34-31-27-20-17-14-11-8-5-2/h12,14-15,17,46H,4-11,13,16,18-45H2,1-3H3/b15-12-,17-14-. The van der Waals surface area contributed by atoms with Crippen LogP contribution in [0.1, 0.15) is 252 Å². The molecule has 0 bridgehead atoms. The second-order valence-electron chi connectivity index (χ2n) is 16.0. The number of esters is 3. The average molecular weight is 775 g/mol. The van der Waals surface area contributed by atoms with E-state index in [9.17, 15) is 14.4 Å². The van der Waals surface area contributed by atoms with Crippen LogP contribution in [0, 0.1) is 0 Å². The van der Waals surface area contributed by atoms with Crippen molar-refractivity contribution >= 4 is 17.9 Å². The summed E-state index contributed by atoms with van der Waals surface area (Å²) in [6, 6.07) is 0. The minimum Gasteiger partial charge on any atom is -0.462 e. The molecular weight excluding hydrogens is 685 g/mol. The fourth-order valence-corrected chi connectivity index (χ4v) is 6.78. The molecular formula is C49H90O6. The minimum atomic E-state index is -0.772. The molecule has 6 heteroatoms. The van der Waals surface area contributed by atoms with E-state index in [4.69, 9.17) is 14.2 Å². The van der Waals surface area contributed by atoms with Crippen LogP contribution < -0.4 is 0 Å². The molecule has 0 rings (SSSR count). The lowest BCUT2D eigenvalue weighted by Gasteiger charge is -2.18. The molecule has 6 nitrogen and oxygen atoms in total. The van der Waals surface area contributed by atoms with Crippen molar-refractivity contribution in [2.24, 2.45) is 0 Å². The molecule has 0 aliphatic rings. The Labute approximate surface area is 341 Å². The number of allylic oxidation sites excluding steroid dienone is 4. The molecule has 0 heterocycles. The molecule has 0 N–H and O–H groups in total.